The summed E-state index contributed by atoms with van der Waals surface area (Å²) in [4.78, 5) is 23.2. The van der Waals surface area contributed by atoms with Gasteiger partial charge in [-0.2, -0.15) is 0 Å². The molecule has 0 N–H and O–H groups in total. The highest BCUT2D eigenvalue weighted by Gasteiger charge is 2.07. The van der Waals surface area contributed by atoms with Gasteiger partial charge in [0.25, 0.3) is 0 Å². The van der Waals surface area contributed by atoms with Crippen LogP contribution in [-0.4, -0.2) is 26.2 Å². The summed E-state index contributed by atoms with van der Waals surface area (Å²) in [5, 5.41) is 0. The maximum absolute atomic E-state index is 11.6. The van der Waals surface area contributed by atoms with Crippen molar-refractivity contribution in [2.45, 2.75) is 13.8 Å². The van der Waals surface area contributed by atoms with Gasteiger partial charge in [0.05, 0.1) is 25.3 Å². The SMILES string of the molecule is COC(=O)c1ccc(C)c(C#CC#Cc2cc(C(=O)OC)ccc2C)c1. The maximum atomic E-state index is 11.6. The van der Waals surface area contributed by atoms with Gasteiger partial charge in [0, 0.05) is 11.1 Å². The smallest absolute Gasteiger partial charge is 0.337 e. The van der Waals surface area contributed by atoms with E-state index in [2.05, 4.69) is 23.7 Å². The van der Waals surface area contributed by atoms with Gasteiger partial charge in [0.1, 0.15) is 0 Å². The van der Waals surface area contributed by atoms with Gasteiger partial charge in [-0.1, -0.05) is 24.0 Å². The van der Waals surface area contributed by atoms with Crippen LogP contribution in [0.4, 0.5) is 0 Å². The molecule has 4 nitrogen and oxygen atoms in total. The number of aryl methyl sites for hydroxylation is 2. The Morgan fingerprint density at radius 2 is 1.12 bits per heavy atom. The number of hydrogen-bond donors (Lipinski definition) is 0. The lowest BCUT2D eigenvalue weighted by Crippen LogP contribution is -2.01. The Morgan fingerprint density at radius 1 is 0.731 bits per heavy atom. The van der Waals surface area contributed by atoms with Crippen LogP contribution in [0, 0.1) is 37.5 Å². The average Bonchev–Trinajstić information content (AvgIpc) is 2.66. The maximum Gasteiger partial charge on any atom is 0.337 e. The van der Waals surface area contributed by atoms with E-state index in [0.717, 1.165) is 11.1 Å². The summed E-state index contributed by atoms with van der Waals surface area (Å²) in [7, 11) is 2.67. The minimum atomic E-state index is -0.408. The van der Waals surface area contributed by atoms with E-state index in [-0.39, 0.29) is 0 Å². The number of carbonyl (C=O) groups is 2. The number of ether oxygens (including phenoxy) is 2. The third kappa shape index (κ3) is 4.53. The molecule has 0 amide bonds. The second kappa shape index (κ2) is 8.55. The molecule has 4 heteroatoms. The van der Waals surface area contributed by atoms with Crippen molar-refractivity contribution in [3.8, 4) is 23.7 Å². The normalized spacial score (nSPS) is 9.23. The molecule has 0 unspecified atom stereocenters. The lowest BCUT2D eigenvalue weighted by atomic mass is 10.0. The van der Waals surface area contributed by atoms with E-state index in [1.165, 1.54) is 14.2 Å². The molecular formula is C22H18O4. The number of hydrogen-bond acceptors (Lipinski definition) is 4. The zero-order chi connectivity index (χ0) is 19.1. The fraction of sp³-hybridized carbons (Fsp3) is 0.182. The van der Waals surface area contributed by atoms with Crippen molar-refractivity contribution >= 4 is 11.9 Å². The summed E-state index contributed by atoms with van der Waals surface area (Å²) in [6, 6.07) is 10.4. The summed E-state index contributed by atoms with van der Waals surface area (Å²) in [6.07, 6.45) is 0. The van der Waals surface area contributed by atoms with Gasteiger partial charge >= 0.3 is 11.9 Å². The third-order valence-electron chi connectivity index (χ3n) is 3.77. The minimum Gasteiger partial charge on any atom is -0.465 e. The zero-order valence-electron chi connectivity index (χ0n) is 15.1. The Hall–Kier alpha value is -3.50. The van der Waals surface area contributed by atoms with Gasteiger partial charge in [-0.05, 0) is 61.1 Å². The molecule has 0 fully saturated rings. The molecule has 2 rings (SSSR count). The fourth-order valence-electron chi connectivity index (χ4n) is 2.20. The highest BCUT2D eigenvalue weighted by Crippen LogP contribution is 2.12. The van der Waals surface area contributed by atoms with Crippen LogP contribution in [0.3, 0.4) is 0 Å². The lowest BCUT2D eigenvalue weighted by Gasteiger charge is -2.02. The average molecular weight is 346 g/mol. The van der Waals surface area contributed by atoms with Crippen LogP contribution in [0.2, 0.25) is 0 Å². The first-order chi connectivity index (χ1) is 12.5. The number of carbonyl (C=O) groups excluding carboxylic acids is 2. The summed E-state index contributed by atoms with van der Waals surface area (Å²) in [5.41, 5.74) is 4.19. The molecule has 130 valence electrons. The predicted octanol–water partition coefficient (Wildman–Crippen LogP) is 3.28. The van der Waals surface area contributed by atoms with Crippen LogP contribution < -0.4 is 0 Å². The Bertz CT molecular complexity index is 897. The van der Waals surface area contributed by atoms with Gasteiger partial charge in [-0.25, -0.2) is 9.59 Å². The van der Waals surface area contributed by atoms with Gasteiger partial charge in [0.15, 0.2) is 0 Å². The third-order valence-corrected chi connectivity index (χ3v) is 3.77. The Balaban J connectivity index is 2.30. The van der Waals surface area contributed by atoms with E-state index in [4.69, 9.17) is 9.47 Å². The van der Waals surface area contributed by atoms with Crippen LogP contribution in [0.25, 0.3) is 0 Å². The van der Waals surface area contributed by atoms with Crippen molar-refractivity contribution < 1.29 is 19.1 Å². The van der Waals surface area contributed by atoms with Crippen LogP contribution in [0.5, 0.6) is 0 Å². The van der Waals surface area contributed by atoms with E-state index in [9.17, 15) is 9.59 Å². The molecule has 26 heavy (non-hydrogen) atoms. The van der Waals surface area contributed by atoms with Crippen molar-refractivity contribution in [2.24, 2.45) is 0 Å². The Morgan fingerprint density at radius 3 is 1.46 bits per heavy atom. The quantitative estimate of drug-likeness (QED) is 0.619. The standard InChI is InChI=1S/C22H18O4/c1-15-9-11-19(21(23)25-3)13-17(15)7-5-6-8-18-14-20(22(24)26-4)12-10-16(18)2/h9-14H,1-4H3. The minimum absolute atomic E-state index is 0.408. The summed E-state index contributed by atoms with van der Waals surface area (Å²) in [5.74, 6) is 10.7. The molecule has 2 aromatic carbocycles. The number of rotatable bonds is 2. The first-order valence-corrected chi connectivity index (χ1v) is 7.86. The number of methoxy groups -OCH3 is 2. The van der Waals surface area contributed by atoms with Gasteiger partial charge in [0.2, 0.25) is 0 Å². The largest absolute Gasteiger partial charge is 0.465 e. The van der Waals surface area contributed by atoms with Crippen molar-refractivity contribution in [3.63, 3.8) is 0 Å². The van der Waals surface area contributed by atoms with E-state index < -0.39 is 11.9 Å². The van der Waals surface area contributed by atoms with Crippen LogP contribution in [0.1, 0.15) is 43.0 Å². The van der Waals surface area contributed by atoms with Gasteiger partial charge < -0.3 is 9.47 Å². The molecule has 0 atom stereocenters. The van der Waals surface area contributed by atoms with Crippen molar-refractivity contribution in [2.75, 3.05) is 14.2 Å². The molecular weight excluding hydrogens is 328 g/mol. The highest BCUT2D eigenvalue weighted by molar-refractivity contribution is 5.90. The first-order valence-electron chi connectivity index (χ1n) is 7.86. The molecule has 0 aliphatic heterocycles. The fourth-order valence-corrected chi connectivity index (χ4v) is 2.20. The molecule has 0 aliphatic carbocycles. The molecule has 0 saturated heterocycles. The molecule has 0 saturated carbocycles. The number of benzene rings is 2. The number of esters is 2. The highest BCUT2D eigenvalue weighted by atomic mass is 16.5. The summed E-state index contributed by atoms with van der Waals surface area (Å²) < 4.78 is 9.43. The lowest BCUT2D eigenvalue weighted by molar-refractivity contribution is 0.0592. The zero-order valence-corrected chi connectivity index (χ0v) is 15.1. The summed E-state index contributed by atoms with van der Waals surface area (Å²) in [6.45, 7) is 3.81. The van der Waals surface area contributed by atoms with Gasteiger partial charge in [-0.15, -0.1) is 0 Å². The summed E-state index contributed by atoms with van der Waals surface area (Å²) >= 11 is 0. The second-order valence-electron chi connectivity index (χ2n) is 5.54. The molecule has 0 radical (unpaired) electrons. The molecule has 0 aliphatic rings. The van der Waals surface area contributed by atoms with E-state index in [0.29, 0.717) is 22.3 Å². The van der Waals surface area contributed by atoms with Crippen molar-refractivity contribution in [1.82, 2.24) is 0 Å². The van der Waals surface area contributed by atoms with Crippen LogP contribution >= 0.6 is 0 Å². The van der Waals surface area contributed by atoms with Crippen LogP contribution in [0.15, 0.2) is 36.4 Å². The van der Waals surface area contributed by atoms with Crippen LogP contribution in [-0.2, 0) is 9.47 Å². The molecule has 0 spiro atoms. The molecule has 0 heterocycles. The molecule has 2 aromatic rings. The van der Waals surface area contributed by atoms with Crippen molar-refractivity contribution in [3.05, 3.63) is 69.8 Å². The Labute approximate surface area is 153 Å². The molecule has 0 bridgehead atoms. The van der Waals surface area contributed by atoms with E-state index in [1.807, 2.05) is 26.0 Å². The monoisotopic (exact) mass is 346 g/mol. The van der Waals surface area contributed by atoms with Gasteiger partial charge in [-0.3, -0.25) is 0 Å². The first kappa shape index (κ1) is 18.8. The predicted molar refractivity (Wildman–Crippen MR) is 98.8 cm³/mol. The van der Waals surface area contributed by atoms with E-state index >= 15 is 0 Å². The van der Waals surface area contributed by atoms with Crippen molar-refractivity contribution in [1.29, 1.82) is 0 Å². The molecule has 0 aromatic heterocycles. The second-order valence-corrected chi connectivity index (χ2v) is 5.54. The topological polar surface area (TPSA) is 52.6 Å². The van der Waals surface area contributed by atoms with E-state index in [1.54, 1.807) is 24.3 Å². The Kier molecular flexibility index (Phi) is 6.20.